The number of aldehydes is 1. The van der Waals surface area contributed by atoms with Crippen molar-refractivity contribution in [3.05, 3.63) is 23.4 Å². The lowest BCUT2D eigenvalue weighted by Gasteiger charge is -2.22. The van der Waals surface area contributed by atoms with Crippen molar-refractivity contribution in [3.63, 3.8) is 0 Å². The third-order valence-electron chi connectivity index (χ3n) is 3.05. The van der Waals surface area contributed by atoms with Crippen molar-refractivity contribution >= 4 is 12.1 Å². The third-order valence-corrected chi connectivity index (χ3v) is 3.05. The Labute approximate surface area is 95.0 Å². The molecule has 1 heterocycles. The van der Waals surface area contributed by atoms with Crippen molar-refractivity contribution in [1.29, 1.82) is 0 Å². The fourth-order valence-corrected chi connectivity index (χ4v) is 2.09. The molecular weight excluding hydrogens is 204 g/mol. The molecule has 4 nitrogen and oxygen atoms in total. The highest BCUT2D eigenvalue weighted by molar-refractivity contribution is 5.94. The maximum absolute atomic E-state index is 11.2. The average Bonchev–Trinajstić information content (AvgIpc) is 2.87. The fourth-order valence-electron chi connectivity index (χ4n) is 2.09. The SMILES string of the molecule is CC(=O)C1=CC(NN2CCC[C@H]2C=O)=CC1. The van der Waals surface area contributed by atoms with Gasteiger partial charge in [0.2, 0.25) is 0 Å². The monoisotopic (exact) mass is 220 g/mol. The van der Waals surface area contributed by atoms with Gasteiger partial charge in [0.15, 0.2) is 5.78 Å². The van der Waals surface area contributed by atoms with Crippen molar-refractivity contribution in [2.75, 3.05) is 6.54 Å². The molecule has 0 amide bonds. The molecule has 1 saturated heterocycles. The average molecular weight is 220 g/mol. The molecule has 0 radical (unpaired) electrons. The summed E-state index contributed by atoms with van der Waals surface area (Å²) < 4.78 is 0. The number of hydrogen-bond acceptors (Lipinski definition) is 4. The van der Waals surface area contributed by atoms with E-state index in [1.807, 2.05) is 17.2 Å². The minimum Gasteiger partial charge on any atom is -0.319 e. The van der Waals surface area contributed by atoms with Crippen LogP contribution in [0.5, 0.6) is 0 Å². The van der Waals surface area contributed by atoms with E-state index in [0.717, 1.165) is 36.9 Å². The summed E-state index contributed by atoms with van der Waals surface area (Å²) >= 11 is 0. The van der Waals surface area contributed by atoms with Crippen molar-refractivity contribution in [3.8, 4) is 0 Å². The molecule has 86 valence electrons. The lowest BCUT2D eigenvalue weighted by atomic mass is 10.2. The molecule has 0 saturated carbocycles. The molecule has 16 heavy (non-hydrogen) atoms. The van der Waals surface area contributed by atoms with Gasteiger partial charge in [-0.2, -0.15) is 0 Å². The highest BCUT2D eigenvalue weighted by Gasteiger charge is 2.24. The smallest absolute Gasteiger partial charge is 0.156 e. The summed E-state index contributed by atoms with van der Waals surface area (Å²) in [5.41, 5.74) is 4.95. The van der Waals surface area contributed by atoms with Gasteiger partial charge in [0, 0.05) is 17.8 Å². The summed E-state index contributed by atoms with van der Waals surface area (Å²) in [6.07, 6.45) is 7.46. The van der Waals surface area contributed by atoms with E-state index in [1.54, 1.807) is 6.92 Å². The lowest BCUT2D eigenvalue weighted by molar-refractivity contribution is -0.114. The van der Waals surface area contributed by atoms with Gasteiger partial charge in [-0.25, -0.2) is 5.01 Å². The van der Waals surface area contributed by atoms with Crippen LogP contribution in [0.2, 0.25) is 0 Å². The highest BCUT2D eigenvalue weighted by atomic mass is 16.1. The molecule has 1 N–H and O–H groups in total. The van der Waals surface area contributed by atoms with E-state index >= 15 is 0 Å². The first-order valence-electron chi connectivity index (χ1n) is 5.61. The number of rotatable bonds is 4. The van der Waals surface area contributed by atoms with Crippen LogP contribution in [0.3, 0.4) is 0 Å². The Morgan fingerprint density at radius 2 is 2.44 bits per heavy atom. The number of allylic oxidation sites excluding steroid dienone is 3. The number of carbonyl (C=O) groups excluding carboxylic acids is 2. The molecule has 0 aromatic heterocycles. The number of carbonyl (C=O) groups is 2. The Kier molecular flexibility index (Phi) is 3.19. The molecule has 2 aliphatic rings. The van der Waals surface area contributed by atoms with E-state index in [0.29, 0.717) is 6.42 Å². The van der Waals surface area contributed by atoms with Crippen molar-refractivity contribution in [2.24, 2.45) is 0 Å². The van der Waals surface area contributed by atoms with Crippen LogP contribution in [0.1, 0.15) is 26.2 Å². The minimum absolute atomic E-state index is 0.0318. The van der Waals surface area contributed by atoms with Crippen LogP contribution < -0.4 is 5.43 Å². The van der Waals surface area contributed by atoms with Crippen LogP contribution in [0.25, 0.3) is 0 Å². The second-order valence-electron chi connectivity index (χ2n) is 4.24. The topological polar surface area (TPSA) is 49.4 Å². The van der Waals surface area contributed by atoms with Gasteiger partial charge in [0.1, 0.15) is 6.29 Å². The van der Waals surface area contributed by atoms with Gasteiger partial charge in [0.05, 0.1) is 6.04 Å². The van der Waals surface area contributed by atoms with Crippen molar-refractivity contribution < 1.29 is 9.59 Å². The summed E-state index contributed by atoms with van der Waals surface area (Å²) in [4.78, 5) is 21.9. The number of nitrogens with one attached hydrogen (secondary N) is 1. The first kappa shape index (κ1) is 11.1. The van der Waals surface area contributed by atoms with Gasteiger partial charge in [0.25, 0.3) is 0 Å². The molecule has 1 aliphatic heterocycles. The second kappa shape index (κ2) is 4.61. The van der Waals surface area contributed by atoms with E-state index in [1.165, 1.54) is 0 Å². The zero-order valence-corrected chi connectivity index (χ0v) is 9.40. The molecule has 0 aromatic rings. The highest BCUT2D eigenvalue weighted by Crippen LogP contribution is 2.19. The number of hydrogen-bond donors (Lipinski definition) is 1. The predicted octanol–water partition coefficient (Wildman–Crippen LogP) is 0.957. The second-order valence-corrected chi connectivity index (χ2v) is 4.24. The van der Waals surface area contributed by atoms with Gasteiger partial charge in [-0.3, -0.25) is 4.79 Å². The summed E-state index contributed by atoms with van der Waals surface area (Å²) in [6, 6.07) is -0.0318. The van der Waals surface area contributed by atoms with Crippen LogP contribution in [0.15, 0.2) is 23.4 Å². The Bertz CT molecular complexity index is 371. The summed E-state index contributed by atoms with van der Waals surface area (Å²) in [6.45, 7) is 2.46. The third kappa shape index (κ3) is 2.22. The van der Waals surface area contributed by atoms with E-state index in [4.69, 9.17) is 0 Å². The Balaban J connectivity index is 1.96. The maximum atomic E-state index is 11.2. The first-order valence-corrected chi connectivity index (χ1v) is 5.61. The normalized spacial score (nSPS) is 25.2. The first-order chi connectivity index (χ1) is 7.70. The molecule has 0 unspecified atom stereocenters. The zero-order valence-electron chi connectivity index (χ0n) is 9.40. The molecule has 1 atom stereocenters. The molecule has 2 rings (SSSR count). The number of ketones is 1. The number of nitrogens with zero attached hydrogens (tertiary/aromatic N) is 1. The molecule has 0 bridgehead atoms. The molecule has 4 heteroatoms. The zero-order chi connectivity index (χ0) is 11.5. The van der Waals surface area contributed by atoms with Crippen LogP contribution in [0.4, 0.5) is 0 Å². The fraction of sp³-hybridized carbons (Fsp3) is 0.500. The Hall–Kier alpha value is -1.42. The summed E-state index contributed by atoms with van der Waals surface area (Å²) in [7, 11) is 0. The Morgan fingerprint density at radius 3 is 3.06 bits per heavy atom. The van der Waals surface area contributed by atoms with E-state index < -0.39 is 0 Å². The van der Waals surface area contributed by atoms with Gasteiger partial charge in [-0.1, -0.05) is 6.08 Å². The van der Waals surface area contributed by atoms with E-state index in [-0.39, 0.29) is 11.8 Å². The van der Waals surface area contributed by atoms with Crippen LogP contribution in [-0.4, -0.2) is 29.7 Å². The van der Waals surface area contributed by atoms with Crippen LogP contribution in [-0.2, 0) is 9.59 Å². The van der Waals surface area contributed by atoms with Crippen molar-refractivity contribution in [1.82, 2.24) is 10.4 Å². The van der Waals surface area contributed by atoms with Gasteiger partial charge >= 0.3 is 0 Å². The van der Waals surface area contributed by atoms with E-state index in [2.05, 4.69) is 5.43 Å². The Morgan fingerprint density at radius 1 is 1.62 bits per heavy atom. The number of hydrazine groups is 1. The maximum Gasteiger partial charge on any atom is 0.156 e. The predicted molar refractivity (Wildman–Crippen MR) is 60.4 cm³/mol. The van der Waals surface area contributed by atoms with Crippen molar-refractivity contribution in [2.45, 2.75) is 32.2 Å². The molecule has 0 aromatic carbocycles. The minimum atomic E-state index is -0.0318. The van der Waals surface area contributed by atoms with Gasteiger partial charge < -0.3 is 10.2 Å². The lowest BCUT2D eigenvalue weighted by Crippen LogP contribution is -2.41. The largest absolute Gasteiger partial charge is 0.319 e. The molecule has 1 aliphatic carbocycles. The van der Waals surface area contributed by atoms with Gasteiger partial charge in [-0.05, 0) is 32.3 Å². The van der Waals surface area contributed by atoms with E-state index in [9.17, 15) is 9.59 Å². The summed E-state index contributed by atoms with van der Waals surface area (Å²) in [5.74, 6) is 0.112. The molecular formula is C12H16N2O2. The number of Topliss-reactive ketones (excluding diaryl/α,β-unsaturated/α-hetero) is 1. The molecule has 0 spiro atoms. The molecule has 1 fully saturated rings. The van der Waals surface area contributed by atoms with Crippen LogP contribution >= 0.6 is 0 Å². The van der Waals surface area contributed by atoms with Gasteiger partial charge in [-0.15, -0.1) is 0 Å². The van der Waals surface area contributed by atoms with Crippen LogP contribution in [0, 0.1) is 0 Å². The quantitative estimate of drug-likeness (QED) is 0.717. The summed E-state index contributed by atoms with van der Waals surface area (Å²) in [5, 5.41) is 1.94. The standard InChI is InChI=1S/C12H16N2O2/c1-9(16)10-4-5-11(7-10)13-14-6-2-3-12(14)8-15/h5,7-8,12-13H,2-4,6H2,1H3/t12-/m0/s1.